The van der Waals surface area contributed by atoms with Gasteiger partial charge in [-0.1, -0.05) is 17.7 Å². The minimum Gasteiger partial charge on any atom is -0.465 e. The summed E-state index contributed by atoms with van der Waals surface area (Å²) in [5.74, 6) is -1.30. The van der Waals surface area contributed by atoms with Gasteiger partial charge in [-0.25, -0.2) is 4.79 Å². The van der Waals surface area contributed by atoms with E-state index in [1.807, 2.05) is 32.9 Å². The van der Waals surface area contributed by atoms with E-state index in [2.05, 4.69) is 15.6 Å². The van der Waals surface area contributed by atoms with Crippen molar-refractivity contribution in [2.75, 3.05) is 19.0 Å². The van der Waals surface area contributed by atoms with E-state index >= 15 is 0 Å². The number of nitrogens with one attached hydrogen (secondary N) is 3. The lowest BCUT2D eigenvalue weighted by Gasteiger charge is -2.13. The molecular formula is C20H25N3O4. The minimum atomic E-state index is -0.511. The number of carbonyl (C=O) groups is 3. The number of aromatic amines is 1. The molecular weight excluding hydrogens is 346 g/mol. The summed E-state index contributed by atoms with van der Waals surface area (Å²) >= 11 is 0. The molecule has 0 aliphatic heterocycles. The van der Waals surface area contributed by atoms with Crippen molar-refractivity contribution in [3.05, 3.63) is 51.3 Å². The number of rotatable bonds is 5. The van der Waals surface area contributed by atoms with Gasteiger partial charge in [-0.15, -0.1) is 0 Å². The fourth-order valence-electron chi connectivity index (χ4n) is 3.20. The van der Waals surface area contributed by atoms with Crippen LogP contribution in [0.3, 0.4) is 0 Å². The molecule has 1 heterocycles. The Morgan fingerprint density at radius 1 is 1.04 bits per heavy atom. The zero-order valence-corrected chi connectivity index (χ0v) is 16.5. The second kappa shape index (κ2) is 8.07. The summed E-state index contributed by atoms with van der Waals surface area (Å²) in [4.78, 5) is 39.3. The van der Waals surface area contributed by atoms with Crippen molar-refractivity contribution in [3.8, 4) is 0 Å². The van der Waals surface area contributed by atoms with Crippen molar-refractivity contribution in [1.29, 1.82) is 0 Å². The van der Waals surface area contributed by atoms with Crippen molar-refractivity contribution in [1.82, 2.24) is 10.3 Å². The Labute approximate surface area is 158 Å². The molecule has 144 valence electrons. The average Bonchev–Trinajstić information content (AvgIpc) is 2.89. The van der Waals surface area contributed by atoms with Crippen molar-refractivity contribution in [2.45, 2.75) is 34.6 Å². The molecule has 0 fully saturated rings. The topological polar surface area (TPSA) is 100 Å². The van der Waals surface area contributed by atoms with Crippen LogP contribution >= 0.6 is 0 Å². The molecule has 2 amide bonds. The fourth-order valence-corrected chi connectivity index (χ4v) is 3.20. The number of benzene rings is 1. The molecule has 2 rings (SSSR count). The first kappa shape index (κ1) is 20.2. The van der Waals surface area contributed by atoms with Gasteiger partial charge in [0.2, 0.25) is 5.91 Å². The molecule has 0 aliphatic rings. The maximum absolute atomic E-state index is 12.4. The zero-order valence-electron chi connectivity index (χ0n) is 16.5. The van der Waals surface area contributed by atoms with Gasteiger partial charge in [-0.3, -0.25) is 9.59 Å². The van der Waals surface area contributed by atoms with Gasteiger partial charge in [0.25, 0.3) is 5.91 Å². The largest absolute Gasteiger partial charge is 0.465 e. The SMILES string of the molecule is COC(=O)c1c(C)[nH]c(C(=O)NCC(=O)Nc2c(C)cc(C)cc2C)c1C. The van der Waals surface area contributed by atoms with Crippen LogP contribution in [0.15, 0.2) is 12.1 Å². The van der Waals surface area contributed by atoms with E-state index in [9.17, 15) is 14.4 Å². The van der Waals surface area contributed by atoms with E-state index in [0.29, 0.717) is 16.8 Å². The van der Waals surface area contributed by atoms with Crippen LogP contribution in [0.5, 0.6) is 0 Å². The molecule has 0 radical (unpaired) electrons. The lowest BCUT2D eigenvalue weighted by atomic mass is 10.1. The number of aryl methyl sites for hydroxylation is 4. The first-order valence-electron chi connectivity index (χ1n) is 8.59. The highest BCUT2D eigenvalue weighted by molar-refractivity contribution is 6.02. The van der Waals surface area contributed by atoms with Gasteiger partial charge in [0.15, 0.2) is 0 Å². The summed E-state index contributed by atoms with van der Waals surface area (Å²) in [5, 5.41) is 5.41. The molecule has 0 saturated heterocycles. The normalized spacial score (nSPS) is 10.4. The number of aromatic nitrogens is 1. The predicted octanol–water partition coefficient (Wildman–Crippen LogP) is 2.71. The Morgan fingerprint density at radius 2 is 1.63 bits per heavy atom. The number of hydrogen-bond acceptors (Lipinski definition) is 4. The predicted molar refractivity (Wildman–Crippen MR) is 103 cm³/mol. The highest BCUT2D eigenvalue weighted by atomic mass is 16.5. The molecule has 0 saturated carbocycles. The summed E-state index contributed by atoms with van der Waals surface area (Å²) in [5.41, 5.74) is 5.40. The molecule has 0 aliphatic carbocycles. The molecule has 27 heavy (non-hydrogen) atoms. The van der Waals surface area contributed by atoms with Crippen LogP contribution in [0, 0.1) is 34.6 Å². The Bertz CT molecular complexity index is 889. The van der Waals surface area contributed by atoms with Crippen LogP contribution in [0.2, 0.25) is 0 Å². The Balaban J connectivity index is 2.06. The van der Waals surface area contributed by atoms with E-state index in [1.165, 1.54) is 7.11 Å². The van der Waals surface area contributed by atoms with Crippen molar-refractivity contribution < 1.29 is 19.1 Å². The van der Waals surface area contributed by atoms with Crippen molar-refractivity contribution in [3.63, 3.8) is 0 Å². The van der Waals surface area contributed by atoms with Crippen LogP contribution in [0.25, 0.3) is 0 Å². The number of hydrogen-bond donors (Lipinski definition) is 3. The van der Waals surface area contributed by atoms with Crippen molar-refractivity contribution in [2.24, 2.45) is 0 Å². The summed E-state index contributed by atoms with van der Waals surface area (Å²) in [6.07, 6.45) is 0. The third-order valence-corrected chi connectivity index (χ3v) is 4.41. The highest BCUT2D eigenvalue weighted by Crippen LogP contribution is 2.22. The summed E-state index contributed by atoms with van der Waals surface area (Å²) in [7, 11) is 1.29. The first-order chi connectivity index (χ1) is 12.6. The van der Waals surface area contributed by atoms with Gasteiger partial charge >= 0.3 is 5.97 Å². The van der Waals surface area contributed by atoms with Crippen LogP contribution in [-0.4, -0.2) is 36.4 Å². The number of esters is 1. The zero-order chi connectivity index (χ0) is 20.3. The standard InChI is InChI=1S/C20H25N3O4/c1-10-7-11(2)17(12(3)8-10)23-15(24)9-21-19(25)18-13(4)16(14(5)22-18)20(26)27-6/h7-8,22H,9H2,1-6H3,(H,21,25)(H,23,24). The fraction of sp³-hybridized carbons (Fsp3) is 0.350. The highest BCUT2D eigenvalue weighted by Gasteiger charge is 2.22. The third-order valence-electron chi connectivity index (χ3n) is 4.41. The van der Waals surface area contributed by atoms with Crippen molar-refractivity contribution >= 4 is 23.5 Å². The quantitative estimate of drug-likeness (QED) is 0.704. The van der Waals surface area contributed by atoms with E-state index in [-0.39, 0.29) is 18.1 Å². The van der Waals surface area contributed by atoms with Gasteiger partial charge in [0.1, 0.15) is 5.69 Å². The molecule has 1 aromatic heterocycles. The molecule has 0 unspecified atom stereocenters. The summed E-state index contributed by atoms with van der Waals surface area (Å²) < 4.78 is 4.73. The number of amides is 2. The maximum Gasteiger partial charge on any atom is 0.339 e. The lowest BCUT2D eigenvalue weighted by Crippen LogP contribution is -2.33. The molecule has 2 aromatic rings. The maximum atomic E-state index is 12.4. The van der Waals surface area contributed by atoms with Gasteiger partial charge in [-0.2, -0.15) is 0 Å². The van der Waals surface area contributed by atoms with E-state index < -0.39 is 11.9 Å². The Morgan fingerprint density at radius 3 is 2.19 bits per heavy atom. The molecule has 7 heteroatoms. The van der Waals surface area contributed by atoms with Gasteiger partial charge in [0.05, 0.1) is 19.2 Å². The van der Waals surface area contributed by atoms with E-state index in [0.717, 1.165) is 22.4 Å². The van der Waals surface area contributed by atoms with Gasteiger partial charge in [0, 0.05) is 11.4 Å². The molecule has 0 spiro atoms. The summed E-state index contributed by atoms with van der Waals surface area (Å²) in [6, 6.07) is 3.97. The minimum absolute atomic E-state index is 0.184. The first-order valence-corrected chi connectivity index (χ1v) is 8.59. The van der Waals surface area contributed by atoms with Crippen LogP contribution in [0.1, 0.15) is 48.8 Å². The Hall–Kier alpha value is -3.09. The number of anilines is 1. The number of H-pyrrole nitrogens is 1. The van der Waals surface area contributed by atoms with Crippen LogP contribution < -0.4 is 10.6 Å². The molecule has 1 aromatic carbocycles. The van der Waals surface area contributed by atoms with Crippen LogP contribution in [0.4, 0.5) is 5.69 Å². The number of carbonyl (C=O) groups excluding carboxylic acids is 3. The molecule has 3 N–H and O–H groups in total. The molecule has 0 atom stereocenters. The van der Waals surface area contributed by atoms with E-state index in [1.54, 1.807) is 13.8 Å². The smallest absolute Gasteiger partial charge is 0.339 e. The second-order valence-corrected chi connectivity index (χ2v) is 6.62. The number of ether oxygens (including phenoxy) is 1. The Kier molecular flexibility index (Phi) is 6.05. The van der Waals surface area contributed by atoms with E-state index in [4.69, 9.17) is 4.74 Å². The number of methoxy groups -OCH3 is 1. The van der Waals surface area contributed by atoms with Crippen LogP contribution in [-0.2, 0) is 9.53 Å². The molecule has 0 bridgehead atoms. The summed E-state index contributed by atoms with van der Waals surface area (Å²) in [6.45, 7) is 9.00. The third kappa shape index (κ3) is 4.36. The lowest BCUT2D eigenvalue weighted by molar-refractivity contribution is -0.115. The molecule has 7 nitrogen and oxygen atoms in total. The monoisotopic (exact) mass is 371 g/mol. The van der Waals surface area contributed by atoms with Gasteiger partial charge < -0.3 is 20.4 Å². The van der Waals surface area contributed by atoms with Gasteiger partial charge in [-0.05, 0) is 51.3 Å². The average molecular weight is 371 g/mol. The second-order valence-electron chi connectivity index (χ2n) is 6.62.